The molecule has 11 heteroatoms. The van der Waals surface area contributed by atoms with Gasteiger partial charge >= 0.3 is 5.69 Å². The van der Waals surface area contributed by atoms with E-state index < -0.39 is 10.7 Å². The molecule has 2 heterocycles. The van der Waals surface area contributed by atoms with E-state index in [1.165, 1.54) is 16.9 Å². The van der Waals surface area contributed by atoms with Gasteiger partial charge in [-0.05, 0) is 38.5 Å². The van der Waals surface area contributed by atoms with Crippen LogP contribution in [-0.2, 0) is 13.3 Å². The smallest absolute Gasteiger partial charge is 0.311 e. The van der Waals surface area contributed by atoms with E-state index in [-0.39, 0.29) is 29.8 Å². The molecule has 0 fully saturated rings. The molecule has 3 aromatic rings. The second-order valence-corrected chi connectivity index (χ2v) is 6.64. The van der Waals surface area contributed by atoms with Crippen LogP contribution >= 0.6 is 0 Å². The van der Waals surface area contributed by atoms with E-state index in [1.807, 2.05) is 24.6 Å². The number of benzene rings is 1. The minimum absolute atomic E-state index is 0.179. The summed E-state index contributed by atoms with van der Waals surface area (Å²) in [4.78, 5) is 22.5. The first-order valence-electron chi connectivity index (χ1n) is 9.23. The van der Waals surface area contributed by atoms with E-state index in [4.69, 9.17) is 4.74 Å². The number of hydrogen-bond donors (Lipinski definition) is 1. The van der Waals surface area contributed by atoms with E-state index >= 15 is 0 Å². The molecule has 0 aliphatic heterocycles. The minimum Gasteiger partial charge on any atom is -0.464 e. The SMILES string of the molecule is Cc1cc(C)n(CCCNC(=O)c2ccn(COc3cc(F)ccc3[N+](=O)[O-])n2)n1. The van der Waals surface area contributed by atoms with Crippen LogP contribution in [0.1, 0.15) is 28.3 Å². The average Bonchev–Trinajstić information content (AvgIpc) is 3.29. The molecule has 1 N–H and O–H groups in total. The van der Waals surface area contributed by atoms with Crippen molar-refractivity contribution in [3.63, 3.8) is 0 Å². The van der Waals surface area contributed by atoms with Gasteiger partial charge in [0.2, 0.25) is 5.75 Å². The molecule has 0 atom stereocenters. The van der Waals surface area contributed by atoms with E-state index in [0.29, 0.717) is 19.5 Å². The van der Waals surface area contributed by atoms with Gasteiger partial charge in [0.05, 0.1) is 10.6 Å². The number of halogens is 1. The van der Waals surface area contributed by atoms with Crippen molar-refractivity contribution in [3.05, 3.63) is 69.5 Å². The Hall–Kier alpha value is -3.76. The molecule has 0 saturated carbocycles. The zero-order valence-electron chi connectivity index (χ0n) is 16.5. The monoisotopic (exact) mass is 416 g/mol. The van der Waals surface area contributed by atoms with Crippen molar-refractivity contribution in [1.82, 2.24) is 24.9 Å². The number of carbonyl (C=O) groups excluding carboxylic acids is 1. The number of amides is 1. The topological polar surface area (TPSA) is 117 Å². The number of carbonyl (C=O) groups is 1. The first-order chi connectivity index (χ1) is 14.3. The Kier molecular flexibility index (Phi) is 6.40. The number of rotatable bonds is 9. The van der Waals surface area contributed by atoms with Crippen molar-refractivity contribution in [2.24, 2.45) is 0 Å². The number of nitro groups is 1. The Morgan fingerprint density at radius 1 is 1.27 bits per heavy atom. The van der Waals surface area contributed by atoms with Crippen molar-refractivity contribution in [3.8, 4) is 5.75 Å². The molecule has 1 amide bonds. The summed E-state index contributed by atoms with van der Waals surface area (Å²) < 4.78 is 21.8. The highest BCUT2D eigenvalue weighted by molar-refractivity contribution is 5.92. The molecule has 3 rings (SSSR count). The number of aromatic nitrogens is 4. The van der Waals surface area contributed by atoms with Crippen LogP contribution in [-0.4, -0.2) is 36.9 Å². The summed E-state index contributed by atoms with van der Waals surface area (Å²) in [5, 5.41) is 22.2. The summed E-state index contributed by atoms with van der Waals surface area (Å²) >= 11 is 0. The molecule has 0 aliphatic rings. The van der Waals surface area contributed by atoms with E-state index in [9.17, 15) is 19.3 Å². The van der Waals surface area contributed by atoms with E-state index in [1.54, 1.807) is 0 Å². The minimum atomic E-state index is -0.664. The van der Waals surface area contributed by atoms with Crippen LogP contribution in [0.3, 0.4) is 0 Å². The maximum Gasteiger partial charge on any atom is 0.311 e. The normalized spacial score (nSPS) is 10.8. The molecule has 0 radical (unpaired) electrons. The van der Waals surface area contributed by atoms with Crippen LogP contribution in [0, 0.1) is 29.8 Å². The maximum atomic E-state index is 13.3. The lowest BCUT2D eigenvalue weighted by atomic mass is 10.3. The fourth-order valence-electron chi connectivity index (χ4n) is 2.87. The van der Waals surface area contributed by atoms with Crippen molar-refractivity contribution in [2.75, 3.05) is 6.54 Å². The van der Waals surface area contributed by atoms with E-state index in [2.05, 4.69) is 15.5 Å². The molecular weight excluding hydrogens is 395 g/mol. The molecule has 1 aromatic carbocycles. The number of nitrogens with zero attached hydrogens (tertiary/aromatic N) is 5. The van der Waals surface area contributed by atoms with Crippen molar-refractivity contribution < 1.29 is 18.8 Å². The summed E-state index contributed by atoms with van der Waals surface area (Å²) in [6, 6.07) is 6.43. The lowest BCUT2D eigenvalue weighted by Crippen LogP contribution is -2.26. The zero-order chi connectivity index (χ0) is 21.7. The predicted molar refractivity (Wildman–Crippen MR) is 105 cm³/mol. The van der Waals surface area contributed by atoms with Gasteiger partial charge in [-0.3, -0.25) is 19.6 Å². The van der Waals surface area contributed by atoms with Crippen LogP contribution in [0.5, 0.6) is 5.75 Å². The van der Waals surface area contributed by atoms with Crippen molar-refractivity contribution >= 4 is 11.6 Å². The van der Waals surface area contributed by atoms with Crippen LogP contribution in [0.25, 0.3) is 0 Å². The van der Waals surface area contributed by atoms with E-state index in [0.717, 1.165) is 29.6 Å². The molecule has 30 heavy (non-hydrogen) atoms. The van der Waals surface area contributed by atoms with Gasteiger partial charge in [-0.25, -0.2) is 9.07 Å². The third-order valence-electron chi connectivity index (χ3n) is 4.28. The lowest BCUT2D eigenvalue weighted by molar-refractivity contribution is -0.386. The van der Waals surface area contributed by atoms with Gasteiger partial charge in [0.25, 0.3) is 5.91 Å². The standard InChI is InChI=1S/C19H21FN6O4/c1-13-10-14(2)25(22-13)8-3-7-21-19(27)16-6-9-24(23-16)12-30-18-11-15(20)4-5-17(18)26(28)29/h4-6,9-11H,3,7-8,12H2,1-2H3,(H,21,27). The quantitative estimate of drug-likeness (QED) is 0.326. The Morgan fingerprint density at radius 2 is 2.07 bits per heavy atom. The summed E-state index contributed by atoms with van der Waals surface area (Å²) in [6.07, 6.45) is 2.21. The second kappa shape index (κ2) is 9.16. The molecule has 0 saturated heterocycles. The van der Waals surface area contributed by atoms with Gasteiger partial charge in [0.15, 0.2) is 6.73 Å². The summed E-state index contributed by atoms with van der Waals surface area (Å²) in [6.45, 7) is 4.84. The first-order valence-corrected chi connectivity index (χ1v) is 9.23. The molecular formula is C19H21FN6O4. The highest BCUT2D eigenvalue weighted by Crippen LogP contribution is 2.27. The maximum absolute atomic E-state index is 13.3. The van der Waals surface area contributed by atoms with Crippen LogP contribution < -0.4 is 10.1 Å². The highest BCUT2D eigenvalue weighted by atomic mass is 19.1. The third-order valence-corrected chi connectivity index (χ3v) is 4.28. The molecule has 2 aromatic heterocycles. The van der Waals surface area contributed by atoms with Gasteiger partial charge in [0.1, 0.15) is 11.5 Å². The summed E-state index contributed by atoms with van der Waals surface area (Å²) in [5.41, 5.74) is 1.84. The zero-order valence-corrected chi connectivity index (χ0v) is 16.5. The first kappa shape index (κ1) is 21.0. The van der Waals surface area contributed by atoms with Gasteiger partial charge in [-0.2, -0.15) is 10.2 Å². The highest BCUT2D eigenvalue weighted by Gasteiger charge is 2.16. The molecule has 0 unspecified atom stereocenters. The second-order valence-electron chi connectivity index (χ2n) is 6.64. The van der Waals surface area contributed by atoms with Gasteiger partial charge in [-0.15, -0.1) is 0 Å². The fourth-order valence-corrected chi connectivity index (χ4v) is 2.87. The number of nitrogens with one attached hydrogen (secondary N) is 1. The van der Waals surface area contributed by atoms with Crippen LogP contribution in [0.15, 0.2) is 36.5 Å². The van der Waals surface area contributed by atoms with Crippen molar-refractivity contribution in [2.45, 2.75) is 33.5 Å². The number of hydrogen-bond acceptors (Lipinski definition) is 6. The fraction of sp³-hybridized carbons (Fsp3) is 0.316. The number of nitro benzene ring substituents is 1. The lowest BCUT2D eigenvalue weighted by Gasteiger charge is -2.07. The Labute approximate surface area is 171 Å². The Bertz CT molecular complexity index is 1060. The largest absolute Gasteiger partial charge is 0.464 e. The predicted octanol–water partition coefficient (Wildman–Crippen LogP) is 2.60. The average molecular weight is 416 g/mol. The Morgan fingerprint density at radius 3 is 2.77 bits per heavy atom. The van der Waals surface area contributed by atoms with Crippen LogP contribution in [0.4, 0.5) is 10.1 Å². The number of ether oxygens (including phenoxy) is 1. The summed E-state index contributed by atoms with van der Waals surface area (Å²) in [7, 11) is 0. The molecule has 0 aliphatic carbocycles. The summed E-state index contributed by atoms with van der Waals surface area (Å²) in [5.74, 6) is -1.22. The van der Waals surface area contributed by atoms with Gasteiger partial charge in [0, 0.05) is 37.1 Å². The third kappa shape index (κ3) is 5.19. The molecule has 158 valence electrons. The van der Waals surface area contributed by atoms with Gasteiger partial charge < -0.3 is 10.1 Å². The molecule has 10 nitrogen and oxygen atoms in total. The molecule has 0 spiro atoms. The Balaban J connectivity index is 1.50. The number of aryl methyl sites for hydroxylation is 3. The van der Waals surface area contributed by atoms with Gasteiger partial charge in [-0.1, -0.05) is 0 Å². The van der Waals surface area contributed by atoms with Crippen LogP contribution in [0.2, 0.25) is 0 Å². The molecule has 0 bridgehead atoms. The van der Waals surface area contributed by atoms with Crippen molar-refractivity contribution in [1.29, 1.82) is 0 Å².